The second kappa shape index (κ2) is 5.30. The first-order valence-electron chi connectivity index (χ1n) is 5.85. The lowest BCUT2D eigenvalue weighted by molar-refractivity contribution is -0.137. The molecule has 0 saturated heterocycles. The Balaban J connectivity index is 2.31. The van der Waals surface area contributed by atoms with E-state index in [-0.39, 0.29) is 26.5 Å². The van der Waals surface area contributed by atoms with Gasteiger partial charge in [-0.3, -0.25) is 0 Å². The molecule has 0 fully saturated rings. The van der Waals surface area contributed by atoms with Crippen molar-refractivity contribution in [1.29, 1.82) is 0 Å². The molecule has 0 aliphatic heterocycles. The summed E-state index contributed by atoms with van der Waals surface area (Å²) in [5.41, 5.74) is -0.319. The van der Waals surface area contributed by atoms with Crippen LogP contribution in [-0.2, 0) is 6.18 Å². The third kappa shape index (κ3) is 2.51. The van der Waals surface area contributed by atoms with E-state index in [0.29, 0.717) is 5.39 Å². The van der Waals surface area contributed by atoms with E-state index in [1.54, 1.807) is 6.07 Å². The summed E-state index contributed by atoms with van der Waals surface area (Å²) in [6.07, 6.45) is -2.92. The molecule has 22 heavy (non-hydrogen) atoms. The second-order valence-electron chi connectivity index (χ2n) is 4.40. The molecule has 3 nitrogen and oxygen atoms in total. The molecule has 0 spiro atoms. The number of benzene rings is 1. The normalized spacial score (nSPS) is 12.1. The summed E-state index contributed by atoms with van der Waals surface area (Å²) in [5.74, 6) is 0. The molecule has 3 rings (SSSR count). The van der Waals surface area contributed by atoms with Crippen molar-refractivity contribution in [3.8, 4) is 5.69 Å². The Morgan fingerprint density at radius 2 is 1.64 bits per heavy atom. The minimum Gasteiger partial charge on any atom is -0.312 e. The van der Waals surface area contributed by atoms with Crippen molar-refractivity contribution >= 4 is 45.7 Å². The first-order chi connectivity index (χ1) is 10.3. The fourth-order valence-corrected chi connectivity index (χ4v) is 2.69. The zero-order valence-electron chi connectivity index (χ0n) is 10.5. The molecule has 0 aliphatic rings. The van der Waals surface area contributed by atoms with E-state index < -0.39 is 11.7 Å². The van der Waals surface area contributed by atoms with Gasteiger partial charge in [0.05, 0.1) is 11.1 Å². The fraction of sp³-hybridized carbons (Fsp3) is 0.0769. The summed E-state index contributed by atoms with van der Waals surface area (Å²) in [5, 5.41) is 7.62. The van der Waals surface area contributed by atoms with Gasteiger partial charge in [0.1, 0.15) is 10.7 Å². The molecule has 0 saturated carbocycles. The summed E-state index contributed by atoms with van der Waals surface area (Å²) < 4.78 is 40.0. The van der Waals surface area contributed by atoms with Crippen molar-refractivity contribution in [2.24, 2.45) is 0 Å². The van der Waals surface area contributed by atoms with Crippen LogP contribution in [0.5, 0.6) is 0 Å². The molecule has 0 unspecified atom stereocenters. The topological polar surface area (TPSA) is 30.7 Å². The van der Waals surface area contributed by atoms with Crippen molar-refractivity contribution in [1.82, 2.24) is 14.8 Å². The van der Waals surface area contributed by atoms with E-state index in [4.69, 9.17) is 34.8 Å². The largest absolute Gasteiger partial charge is 0.416 e. The van der Waals surface area contributed by atoms with Crippen molar-refractivity contribution < 1.29 is 13.2 Å². The van der Waals surface area contributed by atoms with Gasteiger partial charge in [0, 0.05) is 6.20 Å². The number of fused-ring (bicyclic) bond motifs is 1. The Hall–Kier alpha value is -1.50. The van der Waals surface area contributed by atoms with Crippen LogP contribution in [0.1, 0.15) is 5.56 Å². The Morgan fingerprint density at radius 1 is 0.955 bits per heavy atom. The van der Waals surface area contributed by atoms with Crippen LogP contribution in [-0.4, -0.2) is 14.8 Å². The summed E-state index contributed by atoms with van der Waals surface area (Å²) in [6.45, 7) is 0. The SMILES string of the molecule is FC(F)(F)c1ccc2ccn(-c3c(Cl)nnc(Cl)c3Cl)c2c1. The van der Waals surface area contributed by atoms with Crippen molar-refractivity contribution in [3.63, 3.8) is 0 Å². The molecule has 0 aliphatic carbocycles. The maximum atomic E-state index is 12.9. The summed E-state index contributed by atoms with van der Waals surface area (Å²) in [6, 6.07) is 5.02. The van der Waals surface area contributed by atoms with E-state index >= 15 is 0 Å². The minimum absolute atomic E-state index is 0.0107. The predicted octanol–water partition coefficient (Wildman–Crippen LogP) is 5.40. The number of halogens is 6. The van der Waals surface area contributed by atoms with Crippen LogP contribution in [0.3, 0.4) is 0 Å². The number of rotatable bonds is 1. The highest BCUT2D eigenvalue weighted by molar-refractivity contribution is 6.44. The highest BCUT2D eigenvalue weighted by Crippen LogP contribution is 2.36. The number of hydrogen-bond donors (Lipinski definition) is 0. The van der Waals surface area contributed by atoms with Crippen LogP contribution in [0.15, 0.2) is 30.5 Å². The number of hydrogen-bond acceptors (Lipinski definition) is 2. The summed E-state index contributed by atoms with van der Waals surface area (Å²) in [4.78, 5) is 0. The molecule has 0 N–H and O–H groups in total. The highest BCUT2D eigenvalue weighted by atomic mass is 35.5. The van der Waals surface area contributed by atoms with Crippen molar-refractivity contribution in [2.45, 2.75) is 6.18 Å². The Labute approximate surface area is 137 Å². The van der Waals surface area contributed by atoms with Crippen molar-refractivity contribution in [3.05, 3.63) is 51.4 Å². The van der Waals surface area contributed by atoms with Gasteiger partial charge in [-0.15, -0.1) is 10.2 Å². The van der Waals surface area contributed by atoms with Crippen LogP contribution in [0.4, 0.5) is 13.2 Å². The van der Waals surface area contributed by atoms with E-state index in [1.165, 1.54) is 16.8 Å². The Morgan fingerprint density at radius 3 is 2.32 bits per heavy atom. The zero-order valence-corrected chi connectivity index (χ0v) is 12.8. The van der Waals surface area contributed by atoms with Crippen molar-refractivity contribution in [2.75, 3.05) is 0 Å². The van der Waals surface area contributed by atoms with Crippen LogP contribution in [0, 0.1) is 0 Å². The van der Waals surface area contributed by atoms with Gasteiger partial charge < -0.3 is 4.57 Å². The van der Waals surface area contributed by atoms with Crippen LogP contribution >= 0.6 is 34.8 Å². The average molecular weight is 367 g/mol. The summed E-state index contributed by atoms with van der Waals surface area (Å²) in [7, 11) is 0. The van der Waals surface area contributed by atoms with Gasteiger partial charge in [0.15, 0.2) is 10.3 Å². The maximum Gasteiger partial charge on any atom is 0.416 e. The van der Waals surface area contributed by atoms with E-state index in [2.05, 4.69) is 10.2 Å². The molecule has 3 aromatic rings. The van der Waals surface area contributed by atoms with E-state index in [9.17, 15) is 13.2 Å². The van der Waals surface area contributed by atoms with E-state index in [1.807, 2.05) is 0 Å². The molecule has 2 aromatic heterocycles. The maximum absolute atomic E-state index is 12.9. The number of nitrogens with zero attached hydrogens (tertiary/aromatic N) is 3. The Kier molecular flexibility index (Phi) is 3.71. The first-order valence-corrected chi connectivity index (χ1v) is 6.98. The third-order valence-electron chi connectivity index (χ3n) is 3.07. The Bertz CT molecular complexity index is 874. The quantitative estimate of drug-likeness (QED) is 0.577. The minimum atomic E-state index is -4.45. The van der Waals surface area contributed by atoms with E-state index in [0.717, 1.165) is 12.1 Å². The third-order valence-corrected chi connectivity index (χ3v) is 4.05. The molecule has 0 amide bonds. The van der Waals surface area contributed by atoms with Crippen LogP contribution < -0.4 is 0 Å². The molecule has 0 bridgehead atoms. The predicted molar refractivity (Wildman–Crippen MR) is 78.9 cm³/mol. The zero-order chi connectivity index (χ0) is 16.1. The molecule has 0 radical (unpaired) electrons. The molecule has 9 heteroatoms. The lowest BCUT2D eigenvalue weighted by Gasteiger charge is -2.11. The second-order valence-corrected chi connectivity index (χ2v) is 5.50. The van der Waals surface area contributed by atoms with Gasteiger partial charge in [-0.2, -0.15) is 13.2 Å². The fourth-order valence-electron chi connectivity index (χ4n) is 2.07. The highest BCUT2D eigenvalue weighted by Gasteiger charge is 2.31. The van der Waals surface area contributed by atoms with Gasteiger partial charge in [-0.05, 0) is 23.6 Å². The molecular weight excluding hydrogens is 362 g/mol. The summed E-state index contributed by atoms with van der Waals surface area (Å²) >= 11 is 17.8. The lowest BCUT2D eigenvalue weighted by atomic mass is 10.1. The average Bonchev–Trinajstić information content (AvgIpc) is 2.86. The molecule has 2 heterocycles. The van der Waals surface area contributed by atoms with Gasteiger partial charge in [0.25, 0.3) is 0 Å². The molecule has 1 aromatic carbocycles. The van der Waals surface area contributed by atoms with Crippen LogP contribution in [0.25, 0.3) is 16.6 Å². The van der Waals surface area contributed by atoms with Crippen LogP contribution in [0.2, 0.25) is 15.3 Å². The van der Waals surface area contributed by atoms with Gasteiger partial charge in [-0.1, -0.05) is 40.9 Å². The molecular formula is C13H5Cl3F3N3. The first kappa shape index (κ1) is 15.4. The monoisotopic (exact) mass is 365 g/mol. The smallest absolute Gasteiger partial charge is 0.312 e. The molecule has 114 valence electrons. The van der Waals surface area contributed by atoms with Gasteiger partial charge in [0.2, 0.25) is 0 Å². The van der Waals surface area contributed by atoms with Gasteiger partial charge >= 0.3 is 6.18 Å². The lowest BCUT2D eigenvalue weighted by Crippen LogP contribution is -2.05. The standard InChI is InChI=1S/C13H5Cl3F3N3/c14-9-10(12(16)21-20-11(9)15)22-4-3-6-1-2-7(5-8(6)22)13(17,18)19/h1-5H. The number of alkyl halides is 3. The molecule has 0 atom stereocenters. The van der Waals surface area contributed by atoms with Gasteiger partial charge in [-0.25, -0.2) is 0 Å². The number of aromatic nitrogens is 3.